The summed E-state index contributed by atoms with van der Waals surface area (Å²) in [6.07, 6.45) is -0.537. The number of carbonyl (C=O) groups excluding carboxylic acids is 1. The standard InChI is InChI=1S/C9H9N5O2S.Na.H/c1-16-9(15)10-6-3-2-4-7(5-6)14-8(17)11-12-13-14;;/h2-5H,1H3,(H,10,15)(H,11,13,17);;. The van der Waals surface area contributed by atoms with Crippen LogP contribution in [0, 0.1) is 0 Å². The fourth-order valence-corrected chi connectivity index (χ4v) is 1.43. The Labute approximate surface area is 131 Å². The summed E-state index contributed by atoms with van der Waals surface area (Å²) in [5, 5.41) is 13.8. The second-order valence-corrected chi connectivity index (χ2v) is 3.46. The number of nitrogens with one attached hydrogen (secondary N) is 1. The first kappa shape index (κ1) is 15.0. The van der Waals surface area contributed by atoms with Crippen LogP contribution in [-0.2, 0) is 4.74 Å². The molecule has 0 radical (unpaired) electrons. The molecule has 1 N–H and O–H groups in total. The van der Waals surface area contributed by atoms with Gasteiger partial charge in [0.2, 0.25) is 5.16 Å². The Balaban J connectivity index is 0.00000162. The molecule has 2 aromatic rings. The van der Waals surface area contributed by atoms with Crippen molar-refractivity contribution in [1.82, 2.24) is 20.2 Å². The number of tetrazole rings is 1. The van der Waals surface area contributed by atoms with E-state index in [4.69, 9.17) is 0 Å². The van der Waals surface area contributed by atoms with E-state index in [9.17, 15) is 4.79 Å². The van der Waals surface area contributed by atoms with Crippen LogP contribution in [0.25, 0.3) is 5.69 Å². The van der Waals surface area contributed by atoms with Gasteiger partial charge >= 0.3 is 35.7 Å². The van der Waals surface area contributed by atoms with Crippen LogP contribution in [0.3, 0.4) is 0 Å². The van der Waals surface area contributed by atoms with Gasteiger partial charge in [-0.1, -0.05) is 6.07 Å². The predicted molar refractivity (Wildman–Crippen MR) is 69.6 cm³/mol. The third-order valence-corrected chi connectivity index (χ3v) is 2.25. The molecular formula is C9H10N5NaO2S. The number of amides is 1. The molecule has 1 aromatic carbocycles. The van der Waals surface area contributed by atoms with Crippen LogP contribution < -0.4 is 5.32 Å². The van der Waals surface area contributed by atoms with Gasteiger partial charge in [-0.15, -0.1) is 17.7 Å². The van der Waals surface area contributed by atoms with Gasteiger partial charge in [-0.05, 0) is 28.6 Å². The van der Waals surface area contributed by atoms with Gasteiger partial charge in [-0.3, -0.25) is 5.32 Å². The number of ether oxygens (including phenoxy) is 1. The summed E-state index contributed by atoms with van der Waals surface area (Å²) < 4.78 is 5.93. The maximum absolute atomic E-state index is 11.1. The molecule has 1 aromatic heterocycles. The molecule has 0 atom stereocenters. The van der Waals surface area contributed by atoms with Crippen LogP contribution in [0.4, 0.5) is 10.5 Å². The molecule has 18 heavy (non-hydrogen) atoms. The molecule has 0 aliphatic carbocycles. The number of nitrogens with zero attached hydrogens (tertiary/aromatic N) is 4. The SMILES string of the molecule is COC(=O)Nc1cccc(-n2nnnc2S)c1.[NaH]. The number of thiol groups is 1. The van der Waals surface area contributed by atoms with E-state index in [0.717, 1.165) is 0 Å². The van der Waals surface area contributed by atoms with E-state index in [1.54, 1.807) is 24.3 Å². The Morgan fingerprint density at radius 1 is 1.50 bits per heavy atom. The summed E-state index contributed by atoms with van der Waals surface area (Å²) in [4.78, 5) is 11.1. The molecule has 7 nitrogen and oxygen atoms in total. The second-order valence-electron chi connectivity index (χ2n) is 3.06. The number of rotatable bonds is 2. The van der Waals surface area contributed by atoms with E-state index >= 15 is 0 Å². The zero-order chi connectivity index (χ0) is 12.3. The van der Waals surface area contributed by atoms with Gasteiger partial charge in [0, 0.05) is 5.69 Å². The van der Waals surface area contributed by atoms with Crippen molar-refractivity contribution in [2.75, 3.05) is 12.4 Å². The quantitative estimate of drug-likeness (QED) is 0.615. The Kier molecular flexibility index (Phi) is 5.60. The third kappa shape index (κ3) is 3.45. The van der Waals surface area contributed by atoms with Crippen molar-refractivity contribution in [1.29, 1.82) is 0 Å². The number of hydrogen-bond acceptors (Lipinski definition) is 6. The van der Waals surface area contributed by atoms with Gasteiger partial charge < -0.3 is 4.74 Å². The Bertz CT molecular complexity index is 547. The van der Waals surface area contributed by atoms with E-state index < -0.39 is 6.09 Å². The average Bonchev–Trinajstić information content (AvgIpc) is 2.75. The van der Waals surface area contributed by atoms with Crippen molar-refractivity contribution < 1.29 is 9.53 Å². The normalized spacial score (nSPS) is 9.44. The van der Waals surface area contributed by atoms with Crippen LogP contribution in [0.5, 0.6) is 0 Å². The van der Waals surface area contributed by atoms with Crippen molar-refractivity contribution >= 4 is 54.0 Å². The summed E-state index contributed by atoms with van der Waals surface area (Å²) in [5.41, 5.74) is 1.27. The van der Waals surface area contributed by atoms with Crippen LogP contribution in [0.2, 0.25) is 0 Å². The number of methoxy groups -OCH3 is 1. The predicted octanol–water partition coefficient (Wildman–Crippen LogP) is 0.481. The fraction of sp³-hybridized carbons (Fsp3) is 0.111. The molecule has 0 aliphatic rings. The molecule has 0 saturated carbocycles. The van der Waals surface area contributed by atoms with Crippen LogP contribution in [0.1, 0.15) is 0 Å². The molecule has 0 aliphatic heterocycles. The third-order valence-electron chi connectivity index (χ3n) is 1.98. The summed E-state index contributed by atoms with van der Waals surface area (Å²) >= 11 is 4.10. The number of benzene rings is 1. The monoisotopic (exact) mass is 275 g/mol. The molecule has 1 heterocycles. The first-order chi connectivity index (χ1) is 8.20. The second kappa shape index (κ2) is 6.74. The molecule has 1 amide bonds. The van der Waals surface area contributed by atoms with Crippen molar-refractivity contribution in [3.05, 3.63) is 24.3 Å². The summed E-state index contributed by atoms with van der Waals surface area (Å²) in [6.45, 7) is 0. The minimum absolute atomic E-state index is 0. The molecule has 0 bridgehead atoms. The van der Waals surface area contributed by atoms with Crippen molar-refractivity contribution in [3.63, 3.8) is 0 Å². The van der Waals surface area contributed by atoms with Gasteiger partial charge in [0.05, 0.1) is 12.8 Å². The Morgan fingerprint density at radius 3 is 2.89 bits per heavy atom. The van der Waals surface area contributed by atoms with E-state index in [2.05, 4.69) is 38.2 Å². The molecule has 9 heteroatoms. The fourth-order valence-electron chi connectivity index (χ4n) is 1.23. The molecule has 0 spiro atoms. The molecule has 90 valence electrons. The first-order valence-electron chi connectivity index (χ1n) is 4.63. The van der Waals surface area contributed by atoms with Crippen LogP contribution in [0.15, 0.2) is 29.4 Å². The molecule has 0 unspecified atom stereocenters. The zero-order valence-corrected chi connectivity index (χ0v) is 9.76. The van der Waals surface area contributed by atoms with Crippen LogP contribution >= 0.6 is 12.6 Å². The summed E-state index contributed by atoms with van der Waals surface area (Å²) in [5.74, 6) is 0. The van der Waals surface area contributed by atoms with Crippen molar-refractivity contribution in [2.45, 2.75) is 5.16 Å². The molecule has 2 rings (SSSR count). The number of carbonyl (C=O) groups is 1. The Morgan fingerprint density at radius 2 is 2.28 bits per heavy atom. The van der Waals surface area contributed by atoms with Gasteiger partial charge in [0.1, 0.15) is 0 Å². The summed E-state index contributed by atoms with van der Waals surface area (Å²) in [7, 11) is 1.30. The number of aromatic nitrogens is 4. The molecule has 0 fully saturated rings. The number of anilines is 1. The zero-order valence-electron chi connectivity index (χ0n) is 8.86. The molecular weight excluding hydrogens is 265 g/mol. The topological polar surface area (TPSA) is 81.9 Å². The van der Waals surface area contributed by atoms with Crippen LogP contribution in [-0.4, -0.2) is 63.0 Å². The molecule has 0 saturated heterocycles. The average molecular weight is 275 g/mol. The minimum atomic E-state index is -0.537. The van der Waals surface area contributed by atoms with Crippen molar-refractivity contribution in [3.8, 4) is 5.69 Å². The first-order valence-corrected chi connectivity index (χ1v) is 5.08. The van der Waals surface area contributed by atoms with Gasteiger partial charge in [0.15, 0.2) is 0 Å². The Hall–Kier alpha value is -1.09. The van der Waals surface area contributed by atoms with Crippen molar-refractivity contribution in [2.24, 2.45) is 0 Å². The number of hydrogen-bond donors (Lipinski definition) is 2. The van der Waals surface area contributed by atoms with E-state index in [-0.39, 0.29) is 29.6 Å². The van der Waals surface area contributed by atoms with Gasteiger partial charge in [-0.2, -0.15) is 4.68 Å². The van der Waals surface area contributed by atoms with E-state index in [1.807, 2.05) is 0 Å². The maximum atomic E-state index is 11.1. The summed E-state index contributed by atoms with van der Waals surface area (Å²) in [6, 6.07) is 6.98. The van der Waals surface area contributed by atoms with E-state index in [0.29, 0.717) is 16.5 Å². The van der Waals surface area contributed by atoms with Gasteiger partial charge in [-0.25, -0.2) is 4.79 Å². The van der Waals surface area contributed by atoms with Gasteiger partial charge in [0.25, 0.3) is 0 Å². The van der Waals surface area contributed by atoms with E-state index in [1.165, 1.54) is 11.8 Å².